The highest BCUT2D eigenvalue weighted by Crippen LogP contribution is 2.28. The molecule has 3 heteroatoms. The topological polar surface area (TPSA) is 24.5 Å². The van der Waals surface area contributed by atoms with E-state index in [9.17, 15) is 0 Å². The molecular formula is C18H30N2O. The minimum atomic E-state index is 0.236. The summed E-state index contributed by atoms with van der Waals surface area (Å²) in [6.07, 6.45) is 4.04. The van der Waals surface area contributed by atoms with Gasteiger partial charge in [-0.2, -0.15) is 0 Å². The third-order valence-electron chi connectivity index (χ3n) is 4.06. The average Bonchev–Trinajstić information content (AvgIpc) is 2.50. The van der Waals surface area contributed by atoms with E-state index in [0.29, 0.717) is 6.04 Å². The second-order valence-corrected chi connectivity index (χ2v) is 6.18. The van der Waals surface area contributed by atoms with Crippen LogP contribution in [0.15, 0.2) is 24.3 Å². The molecule has 1 fully saturated rings. The third kappa shape index (κ3) is 5.01. The van der Waals surface area contributed by atoms with Crippen molar-refractivity contribution in [2.45, 2.75) is 52.2 Å². The van der Waals surface area contributed by atoms with Crippen LogP contribution < -0.4 is 10.1 Å². The van der Waals surface area contributed by atoms with Gasteiger partial charge in [-0.25, -0.2) is 0 Å². The van der Waals surface area contributed by atoms with Gasteiger partial charge in [0, 0.05) is 32.2 Å². The first-order chi connectivity index (χ1) is 10.2. The van der Waals surface area contributed by atoms with Gasteiger partial charge in [-0.3, -0.25) is 4.90 Å². The maximum absolute atomic E-state index is 5.75. The lowest BCUT2D eigenvalue weighted by atomic mass is 9.98. The normalized spacial score (nSPS) is 17.9. The average molecular weight is 290 g/mol. The summed E-state index contributed by atoms with van der Waals surface area (Å²) in [6, 6.07) is 9.30. The first-order valence-electron chi connectivity index (χ1n) is 8.42. The second kappa shape index (κ2) is 8.40. The largest absolute Gasteiger partial charge is 0.491 e. The van der Waals surface area contributed by atoms with Crippen LogP contribution in [-0.2, 0) is 0 Å². The van der Waals surface area contributed by atoms with Gasteiger partial charge in [-0.05, 0) is 38.0 Å². The Morgan fingerprint density at radius 2 is 1.81 bits per heavy atom. The summed E-state index contributed by atoms with van der Waals surface area (Å²) in [5.41, 5.74) is 1.43. The van der Waals surface area contributed by atoms with Gasteiger partial charge in [-0.15, -0.1) is 0 Å². The molecule has 1 N–H and O–H groups in total. The zero-order valence-electron chi connectivity index (χ0n) is 13.8. The highest BCUT2D eigenvalue weighted by Gasteiger charge is 2.21. The van der Waals surface area contributed by atoms with Gasteiger partial charge in [-0.1, -0.05) is 31.9 Å². The molecule has 1 aliphatic rings. The van der Waals surface area contributed by atoms with Crippen molar-refractivity contribution >= 4 is 0 Å². The van der Waals surface area contributed by atoms with E-state index < -0.39 is 0 Å². The Bertz CT molecular complexity index is 396. The number of hydrogen-bond donors (Lipinski definition) is 1. The first-order valence-corrected chi connectivity index (χ1v) is 8.42. The van der Waals surface area contributed by atoms with Crippen LogP contribution in [0.5, 0.6) is 5.75 Å². The van der Waals surface area contributed by atoms with E-state index in [0.717, 1.165) is 31.9 Å². The summed E-state index contributed by atoms with van der Waals surface area (Å²) in [5.74, 6) is 0.975. The maximum Gasteiger partial charge on any atom is 0.119 e. The molecule has 1 aromatic rings. The molecule has 1 aromatic carbocycles. The molecule has 0 unspecified atom stereocenters. The molecule has 1 saturated heterocycles. The summed E-state index contributed by atoms with van der Waals surface area (Å²) in [5, 5.41) is 3.45. The number of nitrogens with one attached hydrogen (secondary N) is 1. The Balaban J connectivity index is 2.07. The van der Waals surface area contributed by atoms with Crippen molar-refractivity contribution in [2.24, 2.45) is 0 Å². The van der Waals surface area contributed by atoms with Gasteiger partial charge in [0.15, 0.2) is 0 Å². The third-order valence-corrected chi connectivity index (χ3v) is 4.06. The molecule has 0 radical (unpaired) electrons. The summed E-state index contributed by atoms with van der Waals surface area (Å²) >= 11 is 0. The number of piperazine rings is 1. The fourth-order valence-electron chi connectivity index (χ4n) is 2.99. The summed E-state index contributed by atoms with van der Waals surface area (Å²) in [7, 11) is 0. The van der Waals surface area contributed by atoms with Crippen LogP contribution in [0.4, 0.5) is 0 Å². The van der Waals surface area contributed by atoms with Crippen molar-refractivity contribution in [3.05, 3.63) is 29.8 Å². The van der Waals surface area contributed by atoms with Crippen LogP contribution in [-0.4, -0.2) is 37.2 Å². The maximum atomic E-state index is 5.75. The van der Waals surface area contributed by atoms with E-state index in [1.54, 1.807) is 0 Å². The van der Waals surface area contributed by atoms with Gasteiger partial charge < -0.3 is 10.1 Å². The Kier molecular flexibility index (Phi) is 6.52. The van der Waals surface area contributed by atoms with Gasteiger partial charge in [0.2, 0.25) is 0 Å². The van der Waals surface area contributed by atoms with Gasteiger partial charge >= 0.3 is 0 Å². The predicted molar refractivity (Wildman–Crippen MR) is 88.9 cm³/mol. The number of unbranched alkanes of at least 4 members (excludes halogenated alkanes) is 1. The predicted octanol–water partition coefficient (Wildman–Crippen LogP) is 3.61. The molecule has 0 saturated carbocycles. The van der Waals surface area contributed by atoms with Crippen LogP contribution in [0.3, 0.4) is 0 Å². The summed E-state index contributed by atoms with van der Waals surface area (Å²) < 4.78 is 5.75. The fraction of sp³-hybridized carbons (Fsp3) is 0.667. The van der Waals surface area contributed by atoms with Crippen LogP contribution >= 0.6 is 0 Å². The van der Waals surface area contributed by atoms with E-state index in [4.69, 9.17) is 4.74 Å². The van der Waals surface area contributed by atoms with Gasteiger partial charge in [0.1, 0.15) is 5.75 Å². The molecule has 118 valence electrons. The highest BCUT2D eigenvalue weighted by molar-refractivity contribution is 5.29. The highest BCUT2D eigenvalue weighted by atomic mass is 16.5. The number of benzene rings is 1. The van der Waals surface area contributed by atoms with Crippen LogP contribution in [0, 0.1) is 0 Å². The van der Waals surface area contributed by atoms with Crippen molar-refractivity contribution in [2.75, 3.05) is 26.2 Å². The number of ether oxygens (including phenoxy) is 1. The Labute approximate surface area is 129 Å². The Morgan fingerprint density at radius 3 is 2.38 bits per heavy atom. The lowest BCUT2D eigenvalue weighted by Crippen LogP contribution is -2.45. The van der Waals surface area contributed by atoms with E-state index in [1.165, 1.54) is 24.8 Å². The molecule has 21 heavy (non-hydrogen) atoms. The smallest absolute Gasteiger partial charge is 0.119 e. The Morgan fingerprint density at radius 1 is 1.14 bits per heavy atom. The SMILES string of the molecule is CCCC[C@H](c1ccc(OC(C)C)cc1)N1CCNCC1. The second-order valence-electron chi connectivity index (χ2n) is 6.18. The lowest BCUT2D eigenvalue weighted by Gasteiger charge is -2.35. The van der Waals surface area contributed by atoms with E-state index >= 15 is 0 Å². The molecular weight excluding hydrogens is 260 g/mol. The zero-order chi connectivity index (χ0) is 15.1. The lowest BCUT2D eigenvalue weighted by molar-refractivity contribution is 0.163. The Hall–Kier alpha value is -1.06. The van der Waals surface area contributed by atoms with Gasteiger partial charge in [0.25, 0.3) is 0 Å². The summed E-state index contributed by atoms with van der Waals surface area (Å²) in [4.78, 5) is 2.63. The van der Waals surface area contributed by atoms with Crippen molar-refractivity contribution < 1.29 is 4.74 Å². The monoisotopic (exact) mass is 290 g/mol. The molecule has 1 aliphatic heterocycles. The van der Waals surface area contributed by atoms with Crippen molar-refractivity contribution in [1.29, 1.82) is 0 Å². The molecule has 2 rings (SSSR count). The minimum Gasteiger partial charge on any atom is -0.491 e. The van der Waals surface area contributed by atoms with E-state index in [-0.39, 0.29) is 6.10 Å². The summed E-state index contributed by atoms with van der Waals surface area (Å²) in [6.45, 7) is 10.9. The molecule has 0 aromatic heterocycles. The van der Waals surface area contributed by atoms with Crippen molar-refractivity contribution in [1.82, 2.24) is 10.2 Å². The molecule has 0 amide bonds. The minimum absolute atomic E-state index is 0.236. The van der Waals surface area contributed by atoms with Gasteiger partial charge in [0.05, 0.1) is 6.10 Å². The number of rotatable bonds is 7. The quantitative estimate of drug-likeness (QED) is 0.830. The van der Waals surface area contributed by atoms with Crippen molar-refractivity contribution in [3.63, 3.8) is 0 Å². The molecule has 0 aliphatic carbocycles. The molecule has 1 atom stereocenters. The van der Waals surface area contributed by atoms with E-state index in [1.807, 2.05) is 0 Å². The molecule has 0 spiro atoms. The van der Waals surface area contributed by atoms with Crippen LogP contribution in [0.25, 0.3) is 0 Å². The van der Waals surface area contributed by atoms with E-state index in [2.05, 4.69) is 55.3 Å². The first kappa shape index (κ1) is 16.3. The fourth-order valence-corrected chi connectivity index (χ4v) is 2.99. The molecule has 3 nitrogen and oxygen atoms in total. The molecule has 1 heterocycles. The van der Waals surface area contributed by atoms with Crippen LogP contribution in [0.1, 0.15) is 51.6 Å². The van der Waals surface area contributed by atoms with Crippen LogP contribution in [0.2, 0.25) is 0 Å². The molecule has 0 bridgehead atoms. The van der Waals surface area contributed by atoms with Crippen molar-refractivity contribution in [3.8, 4) is 5.75 Å². The number of nitrogens with zero attached hydrogens (tertiary/aromatic N) is 1. The standard InChI is InChI=1S/C18H30N2O/c1-4-5-6-18(20-13-11-19-12-14-20)16-7-9-17(10-8-16)21-15(2)3/h7-10,15,18-19H,4-6,11-14H2,1-3H3/t18-/m1/s1. The zero-order valence-corrected chi connectivity index (χ0v) is 13.8. The number of hydrogen-bond acceptors (Lipinski definition) is 3.